The minimum atomic E-state index is -0.000712. The number of aryl methyl sites for hydroxylation is 1. The third-order valence-electron chi connectivity index (χ3n) is 5.89. The van der Waals surface area contributed by atoms with Crippen LogP contribution in [0.2, 0.25) is 0 Å². The number of nitrogens with zero attached hydrogens (tertiary/aromatic N) is 5. The fourth-order valence-electron chi connectivity index (χ4n) is 4.20. The van der Waals surface area contributed by atoms with Gasteiger partial charge in [0, 0.05) is 56.8 Å². The summed E-state index contributed by atoms with van der Waals surface area (Å²) in [5, 5.41) is 6.47. The molecule has 1 aromatic carbocycles. The Morgan fingerprint density at radius 1 is 1.26 bits per heavy atom. The van der Waals surface area contributed by atoms with Crippen LogP contribution in [0, 0.1) is 6.92 Å². The first-order chi connectivity index (χ1) is 17.1. The van der Waals surface area contributed by atoms with Crippen LogP contribution in [0.15, 0.2) is 43.0 Å². The molecule has 4 rings (SSSR count). The van der Waals surface area contributed by atoms with Gasteiger partial charge in [0.25, 0.3) is 0 Å². The molecule has 0 bridgehead atoms. The Kier molecular flexibility index (Phi) is 8.15. The van der Waals surface area contributed by atoms with Crippen LogP contribution in [0.25, 0.3) is 5.95 Å². The lowest BCUT2D eigenvalue weighted by Gasteiger charge is -2.37. The average Bonchev–Trinajstić information content (AvgIpc) is 3.40. The van der Waals surface area contributed by atoms with E-state index in [0.29, 0.717) is 44.2 Å². The molecule has 35 heavy (non-hydrogen) atoms. The van der Waals surface area contributed by atoms with Crippen molar-refractivity contribution in [3.8, 4) is 17.4 Å². The molecule has 1 saturated heterocycles. The van der Waals surface area contributed by atoms with Gasteiger partial charge in [-0.1, -0.05) is 6.07 Å². The topological polar surface area (TPSA) is 106 Å². The van der Waals surface area contributed by atoms with Crippen LogP contribution in [-0.4, -0.2) is 71.4 Å². The van der Waals surface area contributed by atoms with Gasteiger partial charge in [0.05, 0.1) is 19.8 Å². The number of rotatable bonds is 10. The Balaban J connectivity index is 1.37. The van der Waals surface area contributed by atoms with E-state index in [1.807, 2.05) is 44.3 Å². The lowest BCUT2D eigenvalue weighted by molar-refractivity contribution is -0.121. The third-order valence-corrected chi connectivity index (χ3v) is 5.89. The van der Waals surface area contributed by atoms with Crippen molar-refractivity contribution in [2.75, 3.05) is 44.8 Å². The standard InChI is InChI=1S/C25H33N7O3/c1-4-35-22-14-19(5-6-21(22)34-3)7-8-28-24(33)15-20-16-26-10-12-32(20)23-13-18(2)29-25(30-23)31-11-9-27-17-31/h5-6,9,11,13-14,17,20,26H,4,7-8,10,12,15-16H2,1-3H3,(H,28,33). The number of nitrogens with one attached hydrogen (secondary N) is 2. The van der Waals surface area contributed by atoms with Crippen molar-refractivity contribution < 1.29 is 14.3 Å². The van der Waals surface area contributed by atoms with E-state index in [2.05, 4.69) is 25.5 Å². The highest BCUT2D eigenvalue weighted by atomic mass is 16.5. The van der Waals surface area contributed by atoms with Crippen LogP contribution in [0.3, 0.4) is 0 Å². The highest BCUT2D eigenvalue weighted by Gasteiger charge is 2.26. The molecular weight excluding hydrogens is 446 g/mol. The number of carbonyl (C=O) groups is 1. The fraction of sp³-hybridized carbons (Fsp3) is 0.440. The maximum absolute atomic E-state index is 12.8. The number of methoxy groups -OCH3 is 1. The lowest BCUT2D eigenvalue weighted by atomic mass is 10.1. The number of piperazine rings is 1. The molecule has 2 N–H and O–H groups in total. The molecule has 10 nitrogen and oxygen atoms in total. The van der Waals surface area contributed by atoms with Gasteiger partial charge in [0.1, 0.15) is 12.1 Å². The van der Waals surface area contributed by atoms with Crippen molar-refractivity contribution in [3.63, 3.8) is 0 Å². The molecule has 0 radical (unpaired) electrons. The van der Waals surface area contributed by atoms with Crippen LogP contribution in [0.5, 0.6) is 11.5 Å². The summed E-state index contributed by atoms with van der Waals surface area (Å²) in [4.78, 5) is 28.4. The zero-order valence-electron chi connectivity index (χ0n) is 20.5. The van der Waals surface area contributed by atoms with Crippen molar-refractivity contribution in [1.82, 2.24) is 30.2 Å². The molecule has 1 amide bonds. The number of imidazole rings is 1. The van der Waals surface area contributed by atoms with Crippen molar-refractivity contribution in [2.24, 2.45) is 0 Å². The van der Waals surface area contributed by atoms with Crippen molar-refractivity contribution in [1.29, 1.82) is 0 Å². The van der Waals surface area contributed by atoms with E-state index in [4.69, 9.17) is 14.5 Å². The highest BCUT2D eigenvalue weighted by Crippen LogP contribution is 2.28. The smallest absolute Gasteiger partial charge is 0.237 e. The van der Waals surface area contributed by atoms with Crippen LogP contribution >= 0.6 is 0 Å². The molecule has 0 spiro atoms. The first-order valence-corrected chi connectivity index (χ1v) is 11.9. The highest BCUT2D eigenvalue weighted by molar-refractivity contribution is 5.77. The Labute approximate surface area is 205 Å². The molecule has 1 fully saturated rings. The van der Waals surface area contributed by atoms with E-state index < -0.39 is 0 Å². The van der Waals surface area contributed by atoms with Crippen molar-refractivity contribution in [3.05, 3.63) is 54.2 Å². The molecule has 1 aliphatic rings. The van der Waals surface area contributed by atoms with Gasteiger partial charge in [-0.3, -0.25) is 9.36 Å². The van der Waals surface area contributed by atoms with Gasteiger partial charge in [-0.2, -0.15) is 4.98 Å². The van der Waals surface area contributed by atoms with Crippen molar-refractivity contribution >= 4 is 11.7 Å². The summed E-state index contributed by atoms with van der Waals surface area (Å²) in [6, 6.07) is 7.83. The fourth-order valence-corrected chi connectivity index (χ4v) is 4.20. The number of hydrogen-bond acceptors (Lipinski definition) is 8. The quantitative estimate of drug-likeness (QED) is 0.454. The van der Waals surface area contributed by atoms with E-state index in [1.54, 1.807) is 24.2 Å². The molecule has 186 valence electrons. The number of aromatic nitrogens is 4. The van der Waals surface area contributed by atoms with E-state index in [0.717, 1.165) is 35.9 Å². The van der Waals surface area contributed by atoms with E-state index >= 15 is 0 Å². The summed E-state index contributed by atoms with van der Waals surface area (Å²) in [6.45, 7) is 7.33. The summed E-state index contributed by atoms with van der Waals surface area (Å²) in [5.41, 5.74) is 1.95. The maximum Gasteiger partial charge on any atom is 0.237 e. The molecule has 0 saturated carbocycles. The van der Waals surface area contributed by atoms with Gasteiger partial charge in [0.15, 0.2) is 11.5 Å². The number of anilines is 1. The largest absolute Gasteiger partial charge is 0.493 e. The molecule has 1 aliphatic heterocycles. The molecule has 0 aliphatic carbocycles. The minimum Gasteiger partial charge on any atom is -0.493 e. The molecular formula is C25H33N7O3. The van der Waals surface area contributed by atoms with Crippen LogP contribution < -0.4 is 25.0 Å². The van der Waals surface area contributed by atoms with Gasteiger partial charge < -0.3 is 25.0 Å². The number of amides is 1. The first-order valence-electron chi connectivity index (χ1n) is 11.9. The second-order valence-electron chi connectivity index (χ2n) is 8.41. The van der Waals surface area contributed by atoms with Gasteiger partial charge in [-0.15, -0.1) is 0 Å². The maximum atomic E-state index is 12.8. The molecule has 3 aromatic rings. The van der Waals surface area contributed by atoms with Crippen LogP contribution in [-0.2, 0) is 11.2 Å². The second-order valence-corrected chi connectivity index (χ2v) is 8.41. The van der Waals surface area contributed by atoms with Crippen molar-refractivity contribution in [2.45, 2.75) is 32.7 Å². The first kappa shape index (κ1) is 24.5. The third kappa shape index (κ3) is 6.27. The average molecular weight is 480 g/mol. The van der Waals surface area contributed by atoms with Crippen LogP contribution in [0.1, 0.15) is 24.6 Å². The summed E-state index contributed by atoms with van der Waals surface area (Å²) >= 11 is 0. The number of ether oxygens (including phenoxy) is 2. The number of benzene rings is 1. The number of hydrogen-bond donors (Lipinski definition) is 2. The predicted octanol–water partition coefficient (Wildman–Crippen LogP) is 1.91. The van der Waals surface area contributed by atoms with Gasteiger partial charge in [0.2, 0.25) is 11.9 Å². The summed E-state index contributed by atoms with van der Waals surface area (Å²) < 4.78 is 12.8. The summed E-state index contributed by atoms with van der Waals surface area (Å²) in [5.74, 6) is 2.84. The van der Waals surface area contributed by atoms with E-state index in [9.17, 15) is 4.79 Å². The SMILES string of the molecule is CCOc1cc(CCNC(=O)CC2CNCCN2c2cc(C)nc(-n3ccnc3)n2)ccc1OC. The zero-order chi connectivity index (χ0) is 24.6. The Hall–Kier alpha value is -3.66. The predicted molar refractivity (Wildman–Crippen MR) is 133 cm³/mol. The minimum absolute atomic E-state index is 0.000712. The Bertz CT molecular complexity index is 1120. The monoisotopic (exact) mass is 479 g/mol. The second kappa shape index (κ2) is 11.7. The summed E-state index contributed by atoms with van der Waals surface area (Å²) in [6.07, 6.45) is 6.29. The van der Waals surface area contributed by atoms with E-state index in [1.165, 1.54) is 0 Å². The molecule has 1 unspecified atom stereocenters. The van der Waals surface area contributed by atoms with Crippen LogP contribution in [0.4, 0.5) is 5.82 Å². The Morgan fingerprint density at radius 3 is 2.91 bits per heavy atom. The summed E-state index contributed by atoms with van der Waals surface area (Å²) in [7, 11) is 1.63. The van der Waals surface area contributed by atoms with E-state index in [-0.39, 0.29) is 11.9 Å². The Morgan fingerprint density at radius 2 is 2.14 bits per heavy atom. The zero-order valence-corrected chi connectivity index (χ0v) is 20.5. The molecule has 2 aromatic heterocycles. The van der Waals surface area contributed by atoms with Gasteiger partial charge in [-0.25, -0.2) is 9.97 Å². The molecule has 3 heterocycles. The number of carbonyl (C=O) groups excluding carboxylic acids is 1. The lowest BCUT2D eigenvalue weighted by Crippen LogP contribution is -2.53. The molecule has 1 atom stereocenters. The normalized spacial score (nSPS) is 15.6. The van der Waals surface area contributed by atoms with Gasteiger partial charge in [-0.05, 0) is 38.0 Å². The van der Waals surface area contributed by atoms with Gasteiger partial charge >= 0.3 is 0 Å². The molecule has 10 heteroatoms.